The molecule has 1 amide bonds. The number of aryl methyl sites for hydroxylation is 1. The maximum Gasteiger partial charge on any atom is 0.337 e. The predicted molar refractivity (Wildman–Crippen MR) is 95.5 cm³/mol. The number of ether oxygens (including phenoxy) is 1. The Kier molecular flexibility index (Phi) is 5.45. The lowest BCUT2D eigenvalue weighted by molar-refractivity contribution is -0.138. The van der Waals surface area contributed by atoms with Gasteiger partial charge < -0.3 is 20.4 Å². The first-order valence-corrected chi connectivity index (χ1v) is 8.81. The average molecular weight is 396 g/mol. The molecule has 28 heavy (non-hydrogen) atoms. The first-order chi connectivity index (χ1) is 13.2. The van der Waals surface area contributed by atoms with E-state index in [2.05, 4.69) is 15.3 Å². The van der Waals surface area contributed by atoms with E-state index in [1.807, 2.05) is 0 Å². The third kappa shape index (κ3) is 4.03. The van der Waals surface area contributed by atoms with Gasteiger partial charge in [0.25, 0.3) is 5.92 Å². The van der Waals surface area contributed by atoms with Crippen molar-refractivity contribution < 1.29 is 23.1 Å². The van der Waals surface area contributed by atoms with Gasteiger partial charge in [0.05, 0.1) is 31.3 Å². The number of carbonyl (C=O) groups is 2. The van der Waals surface area contributed by atoms with Gasteiger partial charge in [-0.05, 0) is 6.92 Å². The van der Waals surface area contributed by atoms with Gasteiger partial charge >= 0.3 is 5.97 Å². The molecule has 0 aliphatic carbocycles. The van der Waals surface area contributed by atoms with Crippen molar-refractivity contribution in [1.82, 2.24) is 19.8 Å². The highest BCUT2D eigenvalue weighted by atomic mass is 19.3. The van der Waals surface area contributed by atoms with Gasteiger partial charge in [-0.25, -0.2) is 18.6 Å². The van der Waals surface area contributed by atoms with Crippen molar-refractivity contribution in [1.29, 1.82) is 0 Å². The number of amides is 1. The SMILES string of the molecule is CCOC(=O)C1=C(CN2CC(F)(F)CC2C(N)=O)NC(c2nccn2C)=NC1. The summed E-state index contributed by atoms with van der Waals surface area (Å²) >= 11 is 0. The lowest BCUT2D eigenvalue weighted by Crippen LogP contribution is -2.45. The Hall–Kier alpha value is -2.82. The van der Waals surface area contributed by atoms with E-state index in [4.69, 9.17) is 10.5 Å². The molecule has 1 atom stereocenters. The van der Waals surface area contributed by atoms with Crippen LogP contribution in [0, 0.1) is 0 Å². The lowest BCUT2D eigenvalue weighted by atomic mass is 10.1. The maximum atomic E-state index is 13.9. The molecule has 152 valence electrons. The zero-order chi connectivity index (χ0) is 20.5. The molecule has 0 spiro atoms. The Morgan fingerprint density at radius 3 is 2.82 bits per heavy atom. The number of rotatable bonds is 6. The number of primary amides is 1. The number of likely N-dealkylation sites (tertiary alicyclic amines) is 1. The molecule has 0 aromatic carbocycles. The number of esters is 1. The van der Waals surface area contributed by atoms with Gasteiger partial charge in [0, 0.05) is 38.1 Å². The number of aliphatic imine (C=N–C) groups is 1. The molecular formula is C17H22F2N6O3. The zero-order valence-electron chi connectivity index (χ0n) is 15.6. The number of amidine groups is 1. The molecule has 1 aromatic heterocycles. The smallest absolute Gasteiger partial charge is 0.337 e. The Labute approximate surface area is 160 Å². The molecule has 11 heteroatoms. The fraction of sp³-hybridized carbons (Fsp3) is 0.529. The van der Waals surface area contributed by atoms with Crippen LogP contribution in [0.5, 0.6) is 0 Å². The van der Waals surface area contributed by atoms with Crippen LogP contribution in [0.2, 0.25) is 0 Å². The lowest BCUT2D eigenvalue weighted by Gasteiger charge is -2.27. The van der Waals surface area contributed by atoms with Gasteiger partial charge in [0.2, 0.25) is 5.91 Å². The van der Waals surface area contributed by atoms with Crippen LogP contribution in [-0.2, 0) is 21.4 Å². The predicted octanol–water partition coefficient (Wildman–Crippen LogP) is -0.218. The second-order valence-corrected chi connectivity index (χ2v) is 6.71. The summed E-state index contributed by atoms with van der Waals surface area (Å²) in [7, 11) is 1.78. The van der Waals surface area contributed by atoms with Gasteiger partial charge in [-0.3, -0.25) is 14.7 Å². The monoisotopic (exact) mass is 396 g/mol. The number of carbonyl (C=O) groups excluding carboxylic acids is 2. The number of imidazole rings is 1. The van der Waals surface area contributed by atoms with Crippen LogP contribution < -0.4 is 11.1 Å². The summed E-state index contributed by atoms with van der Waals surface area (Å²) in [5.41, 5.74) is 5.87. The normalized spacial score (nSPS) is 22.0. The number of nitrogens with one attached hydrogen (secondary N) is 1. The fourth-order valence-electron chi connectivity index (χ4n) is 3.31. The minimum Gasteiger partial charge on any atom is -0.463 e. The molecule has 1 fully saturated rings. The number of aromatic nitrogens is 2. The zero-order valence-corrected chi connectivity index (χ0v) is 15.6. The topological polar surface area (TPSA) is 115 Å². The minimum atomic E-state index is -3.03. The van der Waals surface area contributed by atoms with Crippen LogP contribution in [0.15, 0.2) is 28.7 Å². The van der Waals surface area contributed by atoms with Gasteiger partial charge in [-0.2, -0.15) is 0 Å². The number of halogens is 2. The second kappa shape index (κ2) is 7.66. The Bertz CT molecular complexity index is 848. The number of hydrogen-bond acceptors (Lipinski definition) is 7. The van der Waals surface area contributed by atoms with Crippen molar-refractivity contribution in [2.45, 2.75) is 25.3 Å². The van der Waals surface area contributed by atoms with E-state index in [-0.39, 0.29) is 25.3 Å². The number of alkyl halides is 2. The van der Waals surface area contributed by atoms with Crippen molar-refractivity contribution in [2.75, 3.05) is 26.2 Å². The molecule has 1 unspecified atom stereocenters. The summed E-state index contributed by atoms with van der Waals surface area (Å²) in [6.45, 7) is 1.12. The molecule has 2 aliphatic rings. The van der Waals surface area contributed by atoms with Crippen LogP contribution in [0.1, 0.15) is 19.2 Å². The molecule has 3 rings (SSSR count). The van der Waals surface area contributed by atoms with E-state index in [1.165, 1.54) is 4.90 Å². The van der Waals surface area contributed by atoms with E-state index in [9.17, 15) is 18.4 Å². The standard InChI is InChI=1S/C17H22F2N6O3/c1-3-28-16(27)10-7-22-14(15-21-4-5-24(15)2)23-11(10)8-25-9-17(18,19)6-12(25)13(20)26/h4-5,12H,3,6-9H2,1-2H3,(H2,20,26)(H,22,23). The van der Waals surface area contributed by atoms with Gasteiger partial charge in [0.15, 0.2) is 11.7 Å². The van der Waals surface area contributed by atoms with Crippen LogP contribution in [-0.4, -0.2) is 70.4 Å². The number of hydrogen-bond donors (Lipinski definition) is 2. The van der Waals surface area contributed by atoms with Crippen LogP contribution in [0.4, 0.5) is 8.78 Å². The van der Waals surface area contributed by atoms with Gasteiger partial charge in [-0.1, -0.05) is 0 Å². The van der Waals surface area contributed by atoms with E-state index >= 15 is 0 Å². The van der Waals surface area contributed by atoms with E-state index in [0.717, 1.165) is 0 Å². The molecule has 2 aliphatic heterocycles. The molecular weight excluding hydrogens is 374 g/mol. The van der Waals surface area contributed by atoms with Crippen LogP contribution >= 0.6 is 0 Å². The molecule has 9 nitrogen and oxygen atoms in total. The van der Waals surface area contributed by atoms with Gasteiger partial charge in [-0.15, -0.1) is 0 Å². The first-order valence-electron chi connectivity index (χ1n) is 8.81. The Morgan fingerprint density at radius 2 is 2.21 bits per heavy atom. The minimum absolute atomic E-state index is 0.00876. The van der Waals surface area contributed by atoms with Crippen LogP contribution in [0.25, 0.3) is 0 Å². The van der Waals surface area contributed by atoms with Crippen molar-refractivity contribution >= 4 is 17.7 Å². The molecule has 3 heterocycles. The van der Waals surface area contributed by atoms with Crippen molar-refractivity contribution in [3.8, 4) is 0 Å². The Morgan fingerprint density at radius 1 is 1.46 bits per heavy atom. The summed E-state index contributed by atoms with van der Waals surface area (Å²) in [6, 6.07) is -1.12. The molecule has 1 saturated heterocycles. The largest absolute Gasteiger partial charge is 0.463 e. The highest BCUT2D eigenvalue weighted by Crippen LogP contribution is 2.32. The molecule has 0 bridgehead atoms. The average Bonchev–Trinajstić information content (AvgIpc) is 3.17. The summed E-state index contributed by atoms with van der Waals surface area (Å²) in [6.07, 6.45) is 2.67. The molecule has 0 radical (unpaired) electrons. The van der Waals surface area contributed by atoms with E-state index < -0.39 is 36.8 Å². The first kappa shape index (κ1) is 19.9. The fourth-order valence-corrected chi connectivity index (χ4v) is 3.31. The number of nitrogens with zero attached hydrogens (tertiary/aromatic N) is 4. The molecule has 3 N–H and O–H groups in total. The summed E-state index contributed by atoms with van der Waals surface area (Å²) < 4.78 is 34.5. The van der Waals surface area contributed by atoms with E-state index in [0.29, 0.717) is 17.4 Å². The number of nitrogens with two attached hydrogens (primary N) is 1. The summed E-state index contributed by atoms with van der Waals surface area (Å²) in [5.74, 6) is -3.52. The highest BCUT2D eigenvalue weighted by molar-refractivity contribution is 6.01. The maximum absolute atomic E-state index is 13.9. The van der Waals surface area contributed by atoms with Crippen molar-refractivity contribution in [2.24, 2.45) is 17.8 Å². The van der Waals surface area contributed by atoms with Crippen LogP contribution in [0.3, 0.4) is 0 Å². The molecule has 1 aromatic rings. The third-order valence-corrected chi connectivity index (χ3v) is 4.64. The molecule has 0 saturated carbocycles. The van der Waals surface area contributed by atoms with E-state index in [1.54, 1.807) is 30.9 Å². The Balaban J connectivity index is 1.89. The second-order valence-electron chi connectivity index (χ2n) is 6.71. The summed E-state index contributed by atoms with van der Waals surface area (Å²) in [5, 5.41) is 3.01. The quantitative estimate of drug-likeness (QED) is 0.643. The van der Waals surface area contributed by atoms with Gasteiger partial charge in [0.1, 0.15) is 0 Å². The van der Waals surface area contributed by atoms with Crippen molar-refractivity contribution in [3.63, 3.8) is 0 Å². The highest BCUT2D eigenvalue weighted by Gasteiger charge is 2.47. The summed E-state index contributed by atoms with van der Waals surface area (Å²) in [4.78, 5) is 33.8. The van der Waals surface area contributed by atoms with Crippen molar-refractivity contribution in [3.05, 3.63) is 29.5 Å². The third-order valence-electron chi connectivity index (χ3n) is 4.64.